The van der Waals surface area contributed by atoms with E-state index in [1.54, 1.807) is 0 Å². The molecule has 0 radical (unpaired) electrons. The fourth-order valence-electron chi connectivity index (χ4n) is 5.04. The Morgan fingerprint density at radius 1 is 0.500 bits per heavy atom. The third kappa shape index (κ3) is 36.2. The van der Waals surface area contributed by atoms with E-state index in [1.165, 1.54) is 64.2 Å². The Bertz CT molecular complexity index is 895. The Morgan fingerprint density at radius 3 is 1.40 bits per heavy atom. The van der Waals surface area contributed by atoms with Crippen LogP contribution >= 0.6 is 0 Å². The van der Waals surface area contributed by atoms with Gasteiger partial charge in [-0.05, 0) is 83.5 Å². The summed E-state index contributed by atoms with van der Waals surface area (Å²) in [7, 11) is 0. The minimum atomic E-state index is -0.793. The molecule has 0 amide bonds. The molecule has 0 aromatic rings. The molecule has 48 heavy (non-hydrogen) atoms. The Kier molecular flexibility index (Phi) is 36.6. The zero-order chi connectivity index (χ0) is 35.0. The molecular weight excluding hydrogens is 596 g/mol. The van der Waals surface area contributed by atoms with Gasteiger partial charge in [0.15, 0.2) is 6.10 Å². The van der Waals surface area contributed by atoms with Gasteiger partial charge in [-0.2, -0.15) is 0 Å². The van der Waals surface area contributed by atoms with E-state index in [4.69, 9.17) is 9.47 Å². The Labute approximate surface area is 295 Å². The van der Waals surface area contributed by atoms with Crippen LogP contribution in [-0.4, -0.2) is 36.4 Å². The molecule has 0 aliphatic heterocycles. The van der Waals surface area contributed by atoms with Gasteiger partial charge >= 0.3 is 11.9 Å². The number of aliphatic hydroxyl groups excluding tert-OH is 1. The molecule has 5 nitrogen and oxygen atoms in total. The van der Waals surface area contributed by atoms with Gasteiger partial charge in [-0.25, -0.2) is 0 Å². The van der Waals surface area contributed by atoms with E-state index >= 15 is 0 Å². The summed E-state index contributed by atoms with van der Waals surface area (Å²) in [5.74, 6) is -0.639. The second kappa shape index (κ2) is 38.8. The van der Waals surface area contributed by atoms with Crippen molar-refractivity contribution in [2.75, 3.05) is 13.2 Å². The zero-order valence-electron chi connectivity index (χ0n) is 31.0. The number of ether oxygens (including phenoxy) is 2. The molecule has 0 aliphatic rings. The minimum Gasteiger partial charge on any atom is -0.462 e. The molecule has 0 spiro atoms. The van der Waals surface area contributed by atoms with Crippen molar-refractivity contribution >= 4 is 11.9 Å². The van der Waals surface area contributed by atoms with Crippen molar-refractivity contribution in [3.63, 3.8) is 0 Å². The van der Waals surface area contributed by atoms with Crippen LogP contribution in [0.5, 0.6) is 0 Å². The molecule has 0 heterocycles. The summed E-state index contributed by atoms with van der Waals surface area (Å²) >= 11 is 0. The highest BCUT2D eigenvalue weighted by Crippen LogP contribution is 2.12. The molecule has 0 aliphatic carbocycles. The molecule has 0 rings (SSSR count). The lowest BCUT2D eigenvalue weighted by Crippen LogP contribution is -2.28. The summed E-state index contributed by atoms with van der Waals surface area (Å²) in [4.78, 5) is 24.2. The van der Waals surface area contributed by atoms with Gasteiger partial charge in [-0.15, -0.1) is 0 Å². The molecule has 5 heteroatoms. The number of hydrogen-bond donors (Lipinski definition) is 1. The maximum absolute atomic E-state index is 12.2. The zero-order valence-corrected chi connectivity index (χ0v) is 31.0. The molecule has 274 valence electrons. The lowest BCUT2D eigenvalue weighted by molar-refractivity contribution is -0.161. The Hall–Kier alpha value is -2.66. The van der Waals surface area contributed by atoms with E-state index in [0.717, 1.165) is 77.0 Å². The lowest BCUT2D eigenvalue weighted by atomic mass is 10.1. The number of carbonyl (C=O) groups is 2. The van der Waals surface area contributed by atoms with Gasteiger partial charge in [0, 0.05) is 12.8 Å². The predicted molar refractivity (Wildman–Crippen MR) is 205 cm³/mol. The third-order valence-electron chi connectivity index (χ3n) is 7.98. The number of unbranched alkanes of at least 4 members (excludes halogenated alkanes) is 14. The average Bonchev–Trinajstić information content (AvgIpc) is 3.09. The first-order valence-electron chi connectivity index (χ1n) is 19.5. The number of esters is 2. The number of carbonyl (C=O) groups excluding carboxylic acids is 2. The molecule has 0 saturated heterocycles. The van der Waals surface area contributed by atoms with Crippen LogP contribution in [0, 0.1) is 0 Å². The normalized spacial score (nSPS) is 13.0. The predicted octanol–water partition coefficient (Wildman–Crippen LogP) is 12.2. The van der Waals surface area contributed by atoms with E-state index in [-0.39, 0.29) is 25.2 Å². The van der Waals surface area contributed by atoms with Crippen molar-refractivity contribution in [3.8, 4) is 0 Å². The van der Waals surface area contributed by atoms with Crippen LogP contribution in [-0.2, 0) is 19.1 Å². The number of rotatable bonds is 34. The second-order valence-electron chi connectivity index (χ2n) is 12.6. The van der Waals surface area contributed by atoms with Crippen LogP contribution in [0.4, 0.5) is 0 Å². The quantitative estimate of drug-likeness (QED) is 0.0420. The van der Waals surface area contributed by atoms with Gasteiger partial charge in [0.05, 0.1) is 6.61 Å². The number of hydrogen-bond acceptors (Lipinski definition) is 5. The maximum atomic E-state index is 12.2. The van der Waals surface area contributed by atoms with Crippen molar-refractivity contribution in [1.82, 2.24) is 0 Å². The Balaban J connectivity index is 3.67. The first-order valence-corrected chi connectivity index (χ1v) is 19.5. The van der Waals surface area contributed by atoms with Crippen molar-refractivity contribution in [2.24, 2.45) is 0 Å². The first kappa shape index (κ1) is 45.3. The standard InChI is InChI=1S/C43H72O5/c1-3-5-7-9-11-13-15-17-19-20-21-22-24-26-28-30-32-34-36-38-43(46)48-41(39-44)40-47-42(45)37-35-33-31-29-27-25-23-18-16-14-12-10-8-6-4-2/h5,7,11,13-14,16-17,19,21-22,26,28,41,44H,3-4,6,8-10,12,15,18,20,23-25,27,29-40H2,1-2H3/b7-5-,13-11-,16-14-,19-17-,22-21-,28-26-/t41-/m0/s1. The summed E-state index contributed by atoms with van der Waals surface area (Å²) in [5, 5.41) is 9.55. The third-order valence-corrected chi connectivity index (χ3v) is 7.98. The van der Waals surface area contributed by atoms with E-state index in [2.05, 4.69) is 86.8 Å². The summed E-state index contributed by atoms with van der Waals surface area (Å²) in [6, 6.07) is 0. The molecule has 0 fully saturated rings. The molecule has 0 aromatic heterocycles. The molecule has 1 N–H and O–H groups in total. The maximum Gasteiger partial charge on any atom is 0.306 e. The molecule has 1 atom stereocenters. The highest BCUT2D eigenvalue weighted by molar-refractivity contribution is 5.70. The van der Waals surface area contributed by atoms with Crippen molar-refractivity contribution < 1.29 is 24.2 Å². The molecule has 0 bridgehead atoms. The van der Waals surface area contributed by atoms with Crippen LogP contribution < -0.4 is 0 Å². The fraction of sp³-hybridized carbons (Fsp3) is 0.674. The van der Waals surface area contributed by atoms with Crippen molar-refractivity contribution in [1.29, 1.82) is 0 Å². The largest absolute Gasteiger partial charge is 0.462 e. The summed E-state index contributed by atoms with van der Waals surface area (Å²) in [6.45, 7) is 3.96. The van der Waals surface area contributed by atoms with Crippen LogP contribution in [0.25, 0.3) is 0 Å². The van der Waals surface area contributed by atoms with Crippen molar-refractivity contribution in [2.45, 2.75) is 174 Å². The van der Waals surface area contributed by atoms with E-state index in [0.29, 0.717) is 12.8 Å². The lowest BCUT2D eigenvalue weighted by Gasteiger charge is -2.15. The monoisotopic (exact) mass is 669 g/mol. The number of aliphatic hydroxyl groups is 1. The van der Waals surface area contributed by atoms with E-state index < -0.39 is 6.10 Å². The second-order valence-corrected chi connectivity index (χ2v) is 12.6. The van der Waals surface area contributed by atoms with Gasteiger partial charge in [0.25, 0.3) is 0 Å². The summed E-state index contributed by atoms with van der Waals surface area (Å²) in [5.41, 5.74) is 0. The summed E-state index contributed by atoms with van der Waals surface area (Å²) < 4.78 is 10.6. The van der Waals surface area contributed by atoms with Crippen LogP contribution in [0.15, 0.2) is 72.9 Å². The fourth-order valence-corrected chi connectivity index (χ4v) is 5.04. The van der Waals surface area contributed by atoms with Gasteiger partial charge in [-0.3, -0.25) is 9.59 Å². The van der Waals surface area contributed by atoms with Crippen molar-refractivity contribution in [3.05, 3.63) is 72.9 Å². The minimum absolute atomic E-state index is 0.0850. The first-order chi connectivity index (χ1) is 23.6. The van der Waals surface area contributed by atoms with E-state index in [9.17, 15) is 14.7 Å². The smallest absolute Gasteiger partial charge is 0.306 e. The number of allylic oxidation sites excluding steroid dienone is 12. The molecular formula is C43H72O5. The average molecular weight is 669 g/mol. The molecule has 0 unspecified atom stereocenters. The highest BCUT2D eigenvalue weighted by atomic mass is 16.6. The molecule has 0 saturated carbocycles. The topological polar surface area (TPSA) is 72.8 Å². The van der Waals surface area contributed by atoms with Gasteiger partial charge in [-0.1, -0.05) is 145 Å². The van der Waals surface area contributed by atoms with Crippen LogP contribution in [0.2, 0.25) is 0 Å². The van der Waals surface area contributed by atoms with Gasteiger partial charge in [0.2, 0.25) is 0 Å². The van der Waals surface area contributed by atoms with E-state index in [1.807, 2.05) is 0 Å². The highest BCUT2D eigenvalue weighted by Gasteiger charge is 2.16. The van der Waals surface area contributed by atoms with Gasteiger partial charge < -0.3 is 14.6 Å². The van der Waals surface area contributed by atoms with Crippen LogP contribution in [0.3, 0.4) is 0 Å². The van der Waals surface area contributed by atoms with Gasteiger partial charge in [0.1, 0.15) is 6.61 Å². The SMILES string of the molecule is CC/C=C\C/C=C\C/C=C\C/C=C\C/C=C\CCCCCC(=O)O[C@@H](CO)COC(=O)CCCCCCCCC/C=C\CCCCCC. The van der Waals surface area contributed by atoms with Crippen LogP contribution in [0.1, 0.15) is 168 Å². The Morgan fingerprint density at radius 2 is 0.896 bits per heavy atom. The molecule has 0 aromatic carbocycles. The summed E-state index contributed by atoms with van der Waals surface area (Å²) in [6.07, 6.45) is 51.0.